The molecule has 0 spiro atoms. The molecule has 2 aliphatic heterocycles. The smallest absolute Gasteiger partial charge is 0.251 e. The summed E-state index contributed by atoms with van der Waals surface area (Å²) in [6, 6.07) is 9.20. The number of thioether (sulfide) groups is 1. The number of anilines is 1. The first-order valence-corrected chi connectivity index (χ1v) is 12.6. The van der Waals surface area contributed by atoms with E-state index in [1.807, 2.05) is 12.1 Å². The standard InChI is InChI=1S/C19H21N3O3S3/c1-12-6-8-26-16(12)5-7-20-18(23)13-3-2-4-14(9-13)21-19-22-15-10-28(24,25)11-17(15)27-19/h2-4,6,8-9,15,17H,5,7,10-11H2,1H3,(H,20,23)(H,21,22)/t15-,17-/m0/s1. The summed E-state index contributed by atoms with van der Waals surface area (Å²) in [4.78, 5) is 18.2. The average molecular weight is 436 g/mol. The first-order valence-electron chi connectivity index (χ1n) is 9.03. The number of amidine groups is 1. The zero-order chi connectivity index (χ0) is 19.7. The summed E-state index contributed by atoms with van der Waals surface area (Å²) in [6.45, 7) is 2.67. The highest BCUT2D eigenvalue weighted by Crippen LogP contribution is 2.34. The SMILES string of the molecule is Cc1ccsc1CCNC(=O)c1cccc(NC2=N[C@H]3CS(=O)(=O)C[C@@H]3S2)c1. The van der Waals surface area contributed by atoms with Crippen LogP contribution >= 0.6 is 23.1 Å². The number of hydrogen-bond acceptors (Lipinski definition) is 7. The predicted octanol–water partition coefficient (Wildman–Crippen LogP) is 2.71. The highest BCUT2D eigenvalue weighted by Gasteiger charge is 2.42. The molecule has 0 bridgehead atoms. The Balaban J connectivity index is 1.34. The number of nitrogens with one attached hydrogen (secondary N) is 2. The van der Waals surface area contributed by atoms with Crippen LogP contribution in [-0.2, 0) is 16.3 Å². The lowest BCUT2D eigenvalue weighted by atomic mass is 10.2. The third kappa shape index (κ3) is 4.42. The molecule has 2 N–H and O–H groups in total. The molecule has 9 heteroatoms. The fourth-order valence-electron chi connectivity index (χ4n) is 3.33. The van der Waals surface area contributed by atoms with Gasteiger partial charge < -0.3 is 10.6 Å². The molecule has 4 rings (SSSR count). The molecule has 148 valence electrons. The fraction of sp³-hybridized carbons (Fsp3) is 0.368. The van der Waals surface area contributed by atoms with Gasteiger partial charge in [0.1, 0.15) is 0 Å². The number of nitrogens with zero attached hydrogens (tertiary/aromatic N) is 1. The zero-order valence-electron chi connectivity index (χ0n) is 15.3. The molecule has 1 fully saturated rings. The molecule has 1 aromatic carbocycles. The summed E-state index contributed by atoms with van der Waals surface area (Å²) in [5.74, 6) is 0.201. The van der Waals surface area contributed by atoms with Gasteiger partial charge in [0, 0.05) is 27.9 Å². The number of amides is 1. The number of carbonyl (C=O) groups is 1. The predicted molar refractivity (Wildman–Crippen MR) is 116 cm³/mol. The molecule has 0 unspecified atom stereocenters. The molecule has 0 aliphatic carbocycles. The fourth-order valence-corrected chi connectivity index (χ4v) is 7.92. The van der Waals surface area contributed by atoms with Gasteiger partial charge in [-0.2, -0.15) is 0 Å². The van der Waals surface area contributed by atoms with Crippen molar-refractivity contribution in [3.8, 4) is 0 Å². The van der Waals surface area contributed by atoms with E-state index in [4.69, 9.17) is 0 Å². The van der Waals surface area contributed by atoms with Crippen LogP contribution in [0.1, 0.15) is 20.8 Å². The number of benzene rings is 1. The number of sulfone groups is 1. The normalized spacial score (nSPS) is 22.5. The third-order valence-corrected chi connectivity index (χ3v) is 9.02. The molecule has 2 atom stereocenters. The summed E-state index contributed by atoms with van der Waals surface area (Å²) in [7, 11) is -2.96. The Kier molecular flexibility index (Phi) is 5.48. The first kappa shape index (κ1) is 19.5. The highest BCUT2D eigenvalue weighted by molar-refractivity contribution is 8.15. The number of aryl methyl sites for hydroxylation is 1. The average Bonchev–Trinajstić information content (AvgIpc) is 3.27. The largest absolute Gasteiger partial charge is 0.352 e. The molecule has 2 aromatic rings. The lowest BCUT2D eigenvalue weighted by Gasteiger charge is -2.09. The summed E-state index contributed by atoms with van der Waals surface area (Å²) < 4.78 is 23.3. The van der Waals surface area contributed by atoms with Crippen LogP contribution in [-0.4, -0.2) is 48.8 Å². The van der Waals surface area contributed by atoms with Gasteiger partial charge in [-0.1, -0.05) is 17.8 Å². The monoisotopic (exact) mass is 435 g/mol. The van der Waals surface area contributed by atoms with Gasteiger partial charge in [0.15, 0.2) is 15.0 Å². The van der Waals surface area contributed by atoms with Gasteiger partial charge in [-0.3, -0.25) is 9.79 Å². The maximum atomic E-state index is 12.4. The topological polar surface area (TPSA) is 87.6 Å². The van der Waals surface area contributed by atoms with E-state index in [-0.39, 0.29) is 28.7 Å². The second kappa shape index (κ2) is 7.88. The first-order chi connectivity index (χ1) is 13.4. The van der Waals surface area contributed by atoms with Crippen LogP contribution in [0.5, 0.6) is 0 Å². The minimum absolute atomic E-state index is 0.000287. The van der Waals surface area contributed by atoms with Crippen molar-refractivity contribution >= 4 is 49.7 Å². The molecule has 1 aromatic heterocycles. The summed E-state index contributed by atoms with van der Waals surface area (Å²) in [5.41, 5.74) is 2.62. The Bertz CT molecular complexity index is 1030. The maximum absolute atomic E-state index is 12.4. The second-order valence-corrected chi connectivity index (χ2v) is 11.4. The summed E-state index contributed by atoms with van der Waals surface area (Å²) in [6.07, 6.45) is 0.826. The lowest BCUT2D eigenvalue weighted by molar-refractivity contribution is 0.0954. The van der Waals surface area contributed by atoms with E-state index in [2.05, 4.69) is 34.0 Å². The number of hydrogen-bond donors (Lipinski definition) is 2. The van der Waals surface area contributed by atoms with Gasteiger partial charge in [-0.15, -0.1) is 11.3 Å². The van der Waals surface area contributed by atoms with Crippen molar-refractivity contribution in [2.75, 3.05) is 23.4 Å². The Morgan fingerprint density at radius 2 is 2.14 bits per heavy atom. The van der Waals surface area contributed by atoms with Crippen LogP contribution in [0.15, 0.2) is 40.7 Å². The molecule has 0 radical (unpaired) electrons. The molecule has 28 heavy (non-hydrogen) atoms. The van der Waals surface area contributed by atoms with E-state index < -0.39 is 9.84 Å². The number of aliphatic imine (C=N–C) groups is 1. The molecule has 1 saturated heterocycles. The summed E-state index contributed by atoms with van der Waals surface area (Å²) >= 11 is 3.18. The molecule has 3 heterocycles. The molecule has 1 amide bonds. The molecule has 0 saturated carbocycles. The van der Waals surface area contributed by atoms with Gasteiger partial charge in [-0.05, 0) is 48.6 Å². The van der Waals surface area contributed by atoms with E-state index in [1.54, 1.807) is 23.5 Å². The summed E-state index contributed by atoms with van der Waals surface area (Å²) in [5, 5.41) is 8.96. The third-order valence-electron chi connectivity index (χ3n) is 4.80. The van der Waals surface area contributed by atoms with Crippen molar-refractivity contribution in [3.63, 3.8) is 0 Å². The van der Waals surface area contributed by atoms with Crippen LogP contribution in [0, 0.1) is 6.92 Å². The second-order valence-electron chi connectivity index (χ2n) is 6.97. The van der Waals surface area contributed by atoms with Crippen molar-refractivity contribution in [2.45, 2.75) is 24.6 Å². The lowest BCUT2D eigenvalue weighted by Crippen LogP contribution is -2.25. The van der Waals surface area contributed by atoms with Crippen molar-refractivity contribution in [1.29, 1.82) is 0 Å². The molecule has 6 nitrogen and oxygen atoms in total. The van der Waals surface area contributed by atoms with Gasteiger partial charge in [-0.25, -0.2) is 8.42 Å². The number of rotatable bonds is 5. The van der Waals surface area contributed by atoms with E-state index in [9.17, 15) is 13.2 Å². The van der Waals surface area contributed by atoms with Gasteiger partial charge in [0.25, 0.3) is 5.91 Å². The van der Waals surface area contributed by atoms with E-state index in [1.165, 1.54) is 22.2 Å². The van der Waals surface area contributed by atoms with E-state index >= 15 is 0 Å². The van der Waals surface area contributed by atoms with E-state index in [0.717, 1.165) is 17.3 Å². The highest BCUT2D eigenvalue weighted by atomic mass is 32.2. The quantitative estimate of drug-likeness (QED) is 0.754. The molecular weight excluding hydrogens is 414 g/mol. The maximum Gasteiger partial charge on any atom is 0.251 e. The van der Waals surface area contributed by atoms with Crippen LogP contribution in [0.4, 0.5) is 5.69 Å². The Morgan fingerprint density at radius 3 is 2.89 bits per heavy atom. The van der Waals surface area contributed by atoms with Crippen LogP contribution < -0.4 is 10.6 Å². The Hall–Kier alpha value is -1.84. The Morgan fingerprint density at radius 1 is 1.29 bits per heavy atom. The van der Waals surface area contributed by atoms with Crippen molar-refractivity contribution in [1.82, 2.24) is 5.32 Å². The number of fused-ring (bicyclic) bond motifs is 1. The zero-order valence-corrected chi connectivity index (χ0v) is 17.8. The number of thiophene rings is 1. The Labute approximate surface area is 172 Å². The molecule has 2 aliphatic rings. The van der Waals surface area contributed by atoms with Crippen LogP contribution in [0.25, 0.3) is 0 Å². The van der Waals surface area contributed by atoms with Crippen molar-refractivity contribution < 1.29 is 13.2 Å². The molecular formula is C19H21N3O3S3. The van der Waals surface area contributed by atoms with Crippen molar-refractivity contribution in [3.05, 3.63) is 51.7 Å². The number of carbonyl (C=O) groups excluding carboxylic acids is 1. The van der Waals surface area contributed by atoms with Gasteiger partial charge >= 0.3 is 0 Å². The van der Waals surface area contributed by atoms with Crippen molar-refractivity contribution in [2.24, 2.45) is 4.99 Å². The van der Waals surface area contributed by atoms with Gasteiger partial charge in [0.05, 0.1) is 17.5 Å². The minimum atomic E-state index is -2.96. The minimum Gasteiger partial charge on any atom is -0.352 e. The van der Waals surface area contributed by atoms with Gasteiger partial charge in [0.2, 0.25) is 0 Å². The van der Waals surface area contributed by atoms with E-state index in [0.29, 0.717) is 12.1 Å². The van der Waals surface area contributed by atoms with Crippen LogP contribution in [0.3, 0.4) is 0 Å². The van der Waals surface area contributed by atoms with Crippen LogP contribution in [0.2, 0.25) is 0 Å².